The molecule has 19 heavy (non-hydrogen) atoms. The number of para-hydroxylation sites is 1. The van der Waals surface area contributed by atoms with Crippen molar-refractivity contribution in [3.8, 4) is 0 Å². The van der Waals surface area contributed by atoms with Crippen LogP contribution in [0.1, 0.15) is 23.7 Å². The third-order valence-corrected chi connectivity index (χ3v) is 3.21. The Hall–Kier alpha value is -2.15. The number of aromatic carboxylic acids is 1. The van der Waals surface area contributed by atoms with Gasteiger partial charge < -0.3 is 15.1 Å². The Morgan fingerprint density at radius 3 is 2.68 bits per heavy atom. The zero-order valence-electron chi connectivity index (χ0n) is 10.4. The topological polar surface area (TPSA) is 104 Å². The first-order valence-corrected chi connectivity index (χ1v) is 5.80. The van der Waals surface area contributed by atoms with Crippen molar-refractivity contribution in [2.24, 2.45) is 0 Å². The van der Waals surface area contributed by atoms with E-state index in [1.165, 1.54) is 18.2 Å². The molecule has 1 atom stereocenters. The lowest BCUT2D eigenvalue weighted by atomic mass is 10.1. The van der Waals surface area contributed by atoms with E-state index in [1.807, 2.05) is 0 Å². The molecule has 1 aromatic rings. The molecular formula is C12H14N2O5. The summed E-state index contributed by atoms with van der Waals surface area (Å²) in [6.45, 7) is 2.19. The summed E-state index contributed by atoms with van der Waals surface area (Å²) in [4.78, 5) is 23.2. The summed E-state index contributed by atoms with van der Waals surface area (Å²) in [7, 11) is 0. The van der Waals surface area contributed by atoms with Crippen LogP contribution >= 0.6 is 0 Å². The van der Waals surface area contributed by atoms with Gasteiger partial charge in [0.1, 0.15) is 5.69 Å². The summed E-state index contributed by atoms with van der Waals surface area (Å²) in [6.07, 6.45) is 0.443. The van der Waals surface area contributed by atoms with E-state index in [0.29, 0.717) is 13.0 Å². The maximum absolute atomic E-state index is 11.2. The fourth-order valence-electron chi connectivity index (χ4n) is 2.32. The van der Waals surface area contributed by atoms with Crippen molar-refractivity contribution >= 4 is 17.3 Å². The van der Waals surface area contributed by atoms with Crippen LogP contribution in [0.15, 0.2) is 18.2 Å². The van der Waals surface area contributed by atoms with Gasteiger partial charge in [-0.3, -0.25) is 10.1 Å². The van der Waals surface area contributed by atoms with Gasteiger partial charge in [-0.15, -0.1) is 0 Å². The summed E-state index contributed by atoms with van der Waals surface area (Å²) >= 11 is 0. The molecule has 0 bridgehead atoms. The fourth-order valence-corrected chi connectivity index (χ4v) is 2.32. The Balaban J connectivity index is 2.53. The number of nitrogens with zero attached hydrogens (tertiary/aromatic N) is 2. The first-order chi connectivity index (χ1) is 8.82. The first kappa shape index (κ1) is 13.3. The predicted molar refractivity (Wildman–Crippen MR) is 67.5 cm³/mol. The van der Waals surface area contributed by atoms with Crippen LogP contribution in [0.25, 0.3) is 0 Å². The lowest BCUT2D eigenvalue weighted by molar-refractivity contribution is -0.384. The van der Waals surface area contributed by atoms with E-state index in [4.69, 9.17) is 5.11 Å². The van der Waals surface area contributed by atoms with Crippen LogP contribution in [0.5, 0.6) is 0 Å². The summed E-state index contributed by atoms with van der Waals surface area (Å²) in [5, 5.41) is 30.1. The van der Waals surface area contributed by atoms with E-state index >= 15 is 0 Å². The number of benzene rings is 1. The van der Waals surface area contributed by atoms with Crippen LogP contribution < -0.4 is 4.90 Å². The standard InChI is InChI=1S/C12H14N2O5/c1-12(17)5-6-13(7-12)10-8(11(15)16)3-2-4-9(10)14(18)19/h2-4,17H,5-7H2,1H3,(H,15,16). The first-order valence-electron chi connectivity index (χ1n) is 5.80. The number of anilines is 1. The molecule has 1 fully saturated rings. The highest BCUT2D eigenvalue weighted by Crippen LogP contribution is 2.36. The maximum atomic E-state index is 11.2. The Labute approximate surface area is 109 Å². The molecule has 2 N–H and O–H groups in total. The molecule has 1 saturated heterocycles. The zero-order valence-corrected chi connectivity index (χ0v) is 10.4. The van der Waals surface area contributed by atoms with Crippen molar-refractivity contribution in [2.75, 3.05) is 18.0 Å². The third-order valence-electron chi connectivity index (χ3n) is 3.21. The number of nitro benzene ring substituents is 1. The van der Waals surface area contributed by atoms with Gasteiger partial charge in [0, 0.05) is 19.2 Å². The number of carboxylic acid groups (broad SMARTS) is 1. The lowest BCUT2D eigenvalue weighted by Crippen LogP contribution is -2.30. The molecule has 0 amide bonds. The second-order valence-electron chi connectivity index (χ2n) is 4.90. The minimum atomic E-state index is -1.22. The minimum Gasteiger partial charge on any atom is -0.478 e. The van der Waals surface area contributed by atoms with Crippen LogP contribution in [0.4, 0.5) is 11.4 Å². The van der Waals surface area contributed by atoms with Crippen LogP contribution in [-0.2, 0) is 0 Å². The predicted octanol–water partition coefficient (Wildman–Crippen LogP) is 1.25. The Morgan fingerprint density at radius 1 is 1.53 bits per heavy atom. The van der Waals surface area contributed by atoms with Gasteiger partial charge in [-0.05, 0) is 19.4 Å². The SMILES string of the molecule is CC1(O)CCN(c2c(C(=O)O)cccc2[N+](=O)[O-])C1. The molecule has 0 aromatic heterocycles. The van der Waals surface area contributed by atoms with E-state index < -0.39 is 16.5 Å². The molecular weight excluding hydrogens is 252 g/mol. The molecule has 1 aliphatic rings. The molecule has 1 heterocycles. The molecule has 1 aliphatic heterocycles. The molecule has 0 spiro atoms. The van der Waals surface area contributed by atoms with Gasteiger partial charge in [0.15, 0.2) is 0 Å². The number of β-amino-alcohol motifs (C(OH)–C–C–N with tert-alkyl or cyclic N) is 1. The van der Waals surface area contributed by atoms with Gasteiger partial charge in [-0.2, -0.15) is 0 Å². The average molecular weight is 266 g/mol. The second kappa shape index (κ2) is 4.51. The maximum Gasteiger partial charge on any atom is 0.338 e. The van der Waals surface area contributed by atoms with E-state index in [-0.39, 0.29) is 23.5 Å². The van der Waals surface area contributed by atoms with Crippen LogP contribution in [-0.4, -0.2) is 39.8 Å². The molecule has 7 heteroatoms. The average Bonchev–Trinajstić information content (AvgIpc) is 2.68. The van der Waals surface area contributed by atoms with Gasteiger partial charge in [0.2, 0.25) is 0 Å². The minimum absolute atomic E-state index is 0.0674. The smallest absolute Gasteiger partial charge is 0.338 e. The largest absolute Gasteiger partial charge is 0.478 e. The normalized spacial score (nSPS) is 22.5. The Bertz CT molecular complexity index is 509. The zero-order chi connectivity index (χ0) is 14.2. The van der Waals surface area contributed by atoms with E-state index in [9.17, 15) is 20.0 Å². The molecule has 0 aliphatic carbocycles. The van der Waals surface area contributed by atoms with Crippen molar-refractivity contribution in [2.45, 2.75) is 18.9 Å². The molecule has 0 saturated carbocycles. The summed E-state index contributed by atoms with van der Waals surface area (Å²) < 4.78 is 0. The van der Waals surface area contributed by atoms with Gasteiger partial charge in [0.25, 0.3) is 5.69 Å². The number of hydrogen-bond donors (Lipinski definition) is 2. The van der Waals surface area contributed by atoms with E-state index in [2.05, 4.69) is 0 Å². The van der Waals surface area contributed by atoms with Gasteiger partial charge in [0.05, 0.1) is 16.1 Å². The summed E-state index contributed by atoms with van der Waals surface area (Å²) in [5.41, 5.74) is -1.26. The second-order valence-corrected chi connectivity index (χ2v) is 4.90. The van der Waals surface area contributed by atoms with Crippen LogP contribution in [0.3, 0.4) is 0 Å². The van der Waals surface area contributed by atoms with Crippen molar-refractivity contribution < 1.29 is 19.9 Å². The highest BCUT2D eigenvalue weighted by atomic mass is 16.6. The number of carboxylic acids is 1. The van der Waals surface area contributed by atoms with E-state index in [1.54, 1.807) is 11.8 Å². The van der Waals surface area contributed by atoms with E-state index in [0.717, 1.165) is 0 Å². The van der Waals surface area contributed by atoms with Crippen molar-refractivity contribution in [1.82, 2.24) is 0 Å². The van der Waals surface area contributed by atoms with Gasteiger partial charge >= 0.3 is 5.97 Å². The highest BCUT2D eigenvalue weighted by molar-refractivity contribution is 5.97. The Morgan fingerprint density at radius 2 is 2.21 bits per heavy atom. The number of rotatable bonds is 3. The van der Waals surface area contributed by atoms with Crippen molar-refractivity contribution in [1.29, 1.82) is 0 Å². The Kier molecular flexibility index (Phi) is 3.15. The van der Waals surface area contributed by atoms with Crippen LogP contribution in [0.2, 0.25) is 0 Å². The van der Waals surface area contributed by atoms with Crippen molar-refractivity contribution in [3.05, 3.63) is 33.9 Å². The molecule has 1 unspecified atom stereocenters. The van der Waals surface area contributed by atoms with Gasteiger partial charge in [-0.1, -0.05) is 6.07 Å². The summed E-state index contributed by atoms with van der Waals surface area (Å²) in [5.74, 6) is -1.22. The molecule has 1 aromatic carbocycles. The molecule has 0 radical (unpaired) electrons. The van der Waals surface area contributed by atoms with Crippen LogP contribution in [0, 0.1) is 10.1 Å². The summed E-state index contributed by atoms with van der Waals surface area (Å²) in [6, 6.07) is 3.95. The fraction of sp³-hybridized carbons (Fsp3) is 0.417. The molecule has 7 nitrogen and oxygen atoms in total. The number of hydrogen-bond acceptors (Lipinski definition) is 5. The third kappa shape index (κ3) is 2.50. The quantitative estimate of drug-likeness (QED) is 0.630. The van der Waals surface area contributed by atoms with Gasteiger partial charge in [-0.25, -0.2) is 4.79 Å². The lowest BCUT2D eigenvalue weighted by Gasteiger charge is -2.22. The monoisotopic (exact) mass is 266 g/mol. The van der Waals surface area contributed by atoms with Crippen molar-refractivity contribution in [3.63, 3.8) is 0 Å². The number of nitro groups is 1. The number of carbonyl (C=O) groups is 1. The number of aliphatic hydroxyl groups is 1. The highest BCUT2D eigenvalue weighted by Gasteiger charge is 2.36. The molecule has 102 valence electrons. The molecule has 2 rings (SSSR count).